The number of rotatable bonds is 10. The standard InChI is InChI=1S/C31H35N3O4/c1-3-4-5-6-10-17-30(35)33(25-13-8-7-9-14-25)29-22-23(2)32(28-16-12-11-15-27(28)29)31(36)24-18-20-26(21-19-24)34(37)38/h7-9,11-16,18-21,23,29H,3-6,10,17,22H2,1-2H3/t23-,29+/m1/s1. The fourth-order valence-corrected chi connectivity index (χ4v) is 5.29. The molecule has 0 aliphatic carbocycles. The van der Waals surface area contributed by atoms with E-state index in [0.29, 0.717) is 18.4 Å². The van der Waals surface area contributed by atoms with Crippen LogP contribution in [-0.2, 0) is 4.79 Å². The Bertz CT molecular complexity index is 1260. The van der Waals surface area contributed by atoms with Crippen molar-refractivity contribution in [1.82, 2.24) is 0 Å². The molecular weight excluding hydrogens is 478 g/mol. The molecule has 2 amide bonds. The minimum Gasteiger partial charge on any atom is -0.305 e. The molecule has 1 aliphatic rings. The number of benzene rings is 3. The van der Waals surface area contributed by atoms with Crippen molar-refractivity contribution in [3.8, 4) is 0 Å². The van der Waals surface area contributed by atoms with E-state index in [1.165, 1.54) is 30.7 Å². The van der Waals surface area contributed by atoms with E-state index in [9.17, 15) is 19.7 Å². The van der Waals surface area contributed by atoms with E-state index in [1.54, 1.807) is 4.90 Å². The van der Waals surface area contributed by atoms with Crippen LogP contribution < -0.4 is 9.80 Å². The molecule has 198 valence electrons. The summed E-state index contributed by atoms with van der Waals surface area (Å²) in [5, 5.41) is 11.1. The summed E-state index contributed by atoms with van der Waals surface area (Å²) in [4.78, 5) is 41.6. The first-order valence-electron chi connectivity index (χ1n) is 13.5. The minimum absolute atomic E-state index is 0.0552. The normalized spacial score (nSPS) is 16.5. The van der Waals surface area contributed by atoms with Crippen LogP contribution in [0, 0.1) is 10.1 Å². The quantitative estimate of drug-likeness (QED) is 0.160. The van der Waals surface area contributed by atoms with E-state index in [1.807, 2.05) is 66.4 Å². The molecule has 0 saturated carbocycles. The van der Waals surface area contributed by atoms with Gasteiger partial charge in [-0.25, -0.2) is 0 Å². The summed E-state index contributed by atoms with van der Waals surface area (Å²) in [7, 11) is 0. The minimum atomic E-state index is -0.476. The number of nitro benzene ring substituents is 1. The molecule has 0 radical (unpaired) electrons. The van der Waals surface area contributed by atoms with E-state index in [-0.39, 0.29) is 29.6 Å². The van der Waals surface area contributed by atoms with Gasteiger partial charge in [-0.15, -0.1) is 0 Å². The highest BCUT2D eigenvalue weighted by Crippen LogP contribution is 2.43. The lowest BCUT2D eigenvalue weighted by atomic mass is 9.89. The number of para-hydroxylation sites is 2. The average Bonchev–Trinajstić information content (AvgIpc) is 2.93. The molecule has 0 N–H and O–H groups in total. The van der Waals surface area contributed by atoms with Gasteiger partial charge in [-0.1, -0.05) is 69.0 Å². The van der Waals surface area contributed by atoms with Gasteiger partial charge < -0.3 is 9.80 Å². The number of anilines is 2. The van der Waals surface area contributed by atoms with Gasteiger partial charge in [-0.2, -0.15) is 0 Å². The van der Waals surface area contributed by atoms with Gasteiger partial charge in [-0.3, -0.25) is 19.7 Å². The van der Waals surface area contributed by atoms with Crippen LogP contribution in [0.5, 0.6) is 0 Å². The van der Waals surface area contributed by atoms with Gasteiger partial charge >= 0.3 is 0 Å². The summed E-state index contributed by atoms with van der Waals surface area (Å²) in [6.07, 6.45) is 6.44. The predicted octanol–water partition coefficient (Wildman–Crippen LogP) is 7.47. The van der Waals surface area contributed by atoms with Crippen molar-refractivity contribution in [2.45, 2.75) is 70.9 Å². The van der Waals surface area contributed by atoms with Crippen LogP contribution in [0.2, 0.25) is 0 Å². The van der Waals surface area contributed by atoms with Crippen molar-refractivity contribution in [3.05, 3.63) is 100 Å². The summed E-state index contributed by atoms with van der Waals surface area (Å²) >= 11 is 0. The molecular formula is C31H35N3O4. The van der Waals surface area contributed by atoms with E-state index in [0.717, 1.165) is 42.6 Å². The highest BCUT2D eigenvalue weighted by Gasteiger charge is 2.38. The zero-order chi connectivity index (χ0) is 27.1. The topological polar surface area (TPSA) is 83.8 Å². The molecule has 3 aromatic carbocycles. The Morgan fingerprint density at radius 2 is 1.58 bits per heavy atom. The molecule has 0 saturated heterocycles. The third-order valence-corrected chi connectivity index (χ3v) is 7.21. The Kier molecular flexibility index (Phi) is 8.89. The summed E-state index contributed by atoms with van der Waals surface area (Å²) in [6, 6.07) is 22.8. The molecule has 0 aromatic heterocycles. The Balaban J connectivity index is 1.66. The van der Waals surface area contributed by atoms with Crippen molar-refractivity contribution in [3.63, 3.8) is 0 Å². The van der Waals surface area contributed by atoms with Crippen LogP contribution >= 0.6 is 0 Å². The van der Waals surface area contributed by atoms with Crippen molar-refractivity contribution in [2.75, 3.05) is 9.80 Å². The number of unbranched alkanes of at least 4 members (excludes halogenated alkanes) is 4. The third-order valence-electron chi connectivity index (χ3n) is 7.21. The Hall–Kier alpha value is -4.00. The molecule has 7 heteroatoms. The number of hydrogen-bond acceptors (Lipinski definition) is 4. The second-order valence-electron chi connectivity index (χ2n) is 9.90. The number of nitrogens with zero attached hydrogens (tertiary/aromatic N) is 3. The monoisotopic (exact) mass is 513 g/mol. The molecule has 0 bridgehead atoms. The van der Waals surface area contributed by atoms with Crippen LogP contribution in [0.4, 0.5) is 17.1 Å². The smallest absolute Gasteiger partial charge is 0.269 e. The summed E-state index contributed by atoms with van der Waals surface area (Å²) in [6.45, 7) is 4.17. The maximum atomic E-state index is 13.7. The zero-order valence-electron chi connectivity index (χ0n) is 22.1. The number of nitro groups is 1. The van der Waals surface area contributed by atoms with Crippen LogP contribution in [-0.4, -0.2) is 22.8 Å². The number of carbonyl (C=O) groups excluding carboxylic acids is 2. The van der Waals surface area contributed by atoms with Crippen LogP contribution in [0.25, 0.3) is 0 Å². The van der Waals surface area contributed by atoms with Crippen LogP contribution in [0.15, 0.2) is 78.9 Å². The lowest BCUT2D eigenvalue weighted by Gasteiger charge is -2.43. The Labute approximate surface area is 224 Å². The molecule has 0 fully saturated rings. The SMILES string of the molecule is CCCCCCCC(=O)N(c1ccccc1)[C@H]1C[C@@H](C)N(C(=O)c2ccc([N+](=O)[O-])cc2)c2ccccc21. The number of hydrogen-bond donors (Lipinski definition) is 0. The molecule has 2 atom stereocenters. The average molecular weight is 514 g/mol. The van der Waals surface area contributed by atoms with Crippen LogP contribution in [0.3, 0.4) is 0 Å². The number of carbonyl (C=O) groups is 2. The van der Waals surface area contributed by atoms with Crippen molar-refractivity contribution in [1.29, 1.82) is 0 Å². The molecule has 1 aliphatic heterocycles. The van der Waals surface area contributed by atoms with Crippen molar-refractivity contribution >= 4 is 28.9 Å². The van der Waals surface area contributed by atoms with Gasteiger partial charge in [-0.05, 0) is 55.7 Å². The second-order valence-corrected chi connectivity index (χ2v) is 9.90. The molecule has 3 aromatic rings. The van der Waals surface area contributed by atoms with E-state index < -0.39 is 4.92 Å². The molecule has 0 unspecified atom stereocenters. The number of amides is 2. The summed E-state index contributed by atoms with van der Waals surface area (Å²) < 4.78 is 0. The highest BCUT2D eigenvalue weighted by atomic mass is 16.6. The van der Waals surface area contributed by atoms with Crippen molar-refractivity contribution in [2.24, 2.45) is 0 Å². The lowest BCUT2D eigenvalue weighted by Crippen LogP contribution is -2.47. The van der Waals surface area contributed by atoms with E-state index in [4.69, 9.17) is 0 Å². The highest BCUT2D eigenvalue weighted by molar-refractivity contribution is 6.07. The maximum Gasteiger partial charge on any atom is 0.269 e. The first-order chi connectivity index (χ1) is 18.4. The predicted molar refractivity (Wildman–Crippen MR) is 150 cm³/mol. The van der Waals surface area contributed by atoms with Crippen LogP contribution in [0.1, 0.15) is 80.8 Å². The molecule has 7 nitrogen and oxygen atoms in total. The van der Waals surface area contributed by atoms with Gasteiger partial charge in [0.15, 0.2) is 0 Å². The molecule has 0 spiro atoms. The number of non-ortho nitro benzene ring substituents is 1. The number of fused-ring (bicyclic) bond motifs is 1. The second kappa shape index (κ2) is 12.5. The first kappa shape index (κ1) is 27.0. The molecule has 4 rings (SSSR count). The first-order valence-corrected chi connectivity index (χ1v) is 13.5. The Morgan fingerprint density at radius 3 is 2.26 bits per heavy atom. The van der Waals surface area contributed by atoms with Gasteiger partial charge in [0.1, 0.15) is 0 Å². The third kappa shape index (κ3) is 5.93. The largest absolute Gasteiger partial charge is 0.305 e. The fraction of sp³-hybridized carbons (Fsp3) is 0.355. The molecule has 1 heterocycles. The van der Waals surface area contributed by atoms with E-state index in [2.05, 4.69) is 6.92 Å². The lowest BCUT2D eigenvalue weighted by molar-refractivity contribution is -0.384. The van der Waals surface area contributed by atoms with Gasteiger partial charge in [0, 0.05) is 41.5 Å². The van der Waals surface area contributed by atoms with Gasteiger partial charge in [0.2, 0.25) is 5.91 Å². The zero-order valence-corrected chi connectivity index (χ0v) is 22.1. The van der Waals surface area contributed by atoms with Gasteiger partial charge in [0.25, 0.3) is 11.6 Å². The fourth-order valence-electron chi connectivity index (χ4n) is 5.29. The summed E-state index contributed by atoms with van der Waals surface area (Å²) in [5.74, 6) is -0.123. The Morgan fingerprint density at radius 1 is 0.921 bits per heavy atom. The molecule has 38 heavy (non-hydrogen) atoms. The maximum absolute atomic E-state index is 13.7. The summed E-state index contributed by atoms with van der Waals surface area (Å²) in [5.41, 5.74) is 2.87. The van der Waals surface area contributed by atoms with Crippen molar-refractivity contribution < 1.29 is 14.5 Å². The van der Waals surface area contributed by atoms with Gasteiger partial charge in [0.05, 0.1) is 11.0 Å². The van der Waals surface area contributed by atoms with E-state index >= 15 is 0 Å².